The Morgan fingerprint density at radius 1 is 1.43 bits per heavy atom. The zero-order valence-electron chi connectivity index (χ0n) is 16.3. The number of methoxy groups -OCH3 is 1. The number of aliphatic imine (C=N–C) groups is 1. The van der Waals surface area contributed by atoms with Crippen molar-refractivity contribution in [1.29, 1.82) is 0 Å². The Kier molecular flexibility index (Phi) is 8.28. The molecule has 1 aromatic carbocycles. The smallest absolute Gasteiger partial charge is 0.387 e. The van der Waals surface area contributed by atoms with E-state index in [4.69, 9.17) is 10.5 Å². The van der Waals surface area contributed by atoms with Crippen LogP contribution in [0.5, 0.6) is 11.5 Å². The summed E-state index contributed by atoms with van der Waals surface area (Å²) in [6, 6.07) is 4.98. The Hall–Kier alpha value is -2.58. The summed E-state index contributed by atoms with van der Waals surface area (Å²) in [5.74, 6) is 0.995. The van der Waals surface area contributed by atoms with Gasteiger partial charge < -0.3 is 25.4 Å². The molecule has 1 saturated heterocycles. The van der Waals surface area contributed by atoms with E-state index in [0.717, 1.165) is 37.5 Å². The average molecular weight is 398 g/mol. The number of nitrogens with zero attached hydrogens (tertiary/aromatic N) is 2. The molecule has 0 spiro atoms. The molecule has 0 bridgehead atoms. The normalized spacial score (nSPS) is 17.5. The van der Waals surface area contributed by atoms with Crippen LogP contribution in [0.1, 0.15) is 24.8 Å². The Labute approximate surface area is 163 Å². The van der Waals surface area contributed by atoms with Gasteiger partial charge in [0, 0.05) is 33.1 Å². The van der Waals surface area contributed by atoms with E-state index in [9.17, 15) is 13.6 Å². The van der Waals surface area contributed by atoms with Gasteiger partial charge in [0.15, 0.2) is 17.5 Å². The maximum atomic E-state index is 12.5. The molecule has 0 aliphatic carbocycles. The number of rotatable bonds is 8. The predicted molar refractivity (Wildman–Crippen MR) is 103 cm³/mol. The Balaban J connectivity index is 1.91. The van der Waals surface area contributed by atoms with Gasteiger partial charge in [-0.1, -0.05) is 6.07 Å². The van der Waals surface area contributed by atoms with E-state index in [1.165, 1.54) is 7.11 Å². The van der Waals surface area contributed by atoms with Crippen molar-refractivity contribution in [1.82, 2.24) is 10.2 Å². The number of guanidine groups is 1. The number of primary amides is 1. The summed E-state index contributed by atoms with van der Waals surface area (Å²) in [4.78, 5) is 17.6. The standard InChI is InChI=1S/C19H28F2N4O3/c1-23-19(25-9-3-4-14(12-25)11-17(22)26)24-8-7-13-5-6-15(27-2)16(10-13)28-18(20)21/h5-6,10,14,18H,3-4,7-9,11-12H2,1-2H3,(H2,22,26)(H,23,24). The molecular formula is C19H28F2N4O3. The number of halogens is 2. The third-order valence-electron chi connectivity index (χ3n) is 4.66. The molecule has 1 amide bonds. The third kappa shape index (κ3) is 6.54. The zero-order chi connectivity index (χ0) is 20.5. The van der Waals surface area contributed by atoms with Crippen molar-refractivity contribution in [2.45, 2.75) is 32.3 Å². The molecular weight excluding hydrogens is 370 g/mol. The number of nitrogens with one attached hydrogen (secondary N) is 1. The van der Waals surface area contributed by atoms with Gasteiger partial charge in [-0.05, 0) is 42.9 Å². The van der Waals surface area contributed by atoms with Gasteiger partial charge in [0.05, 0.1) is 7.11 Å². The molecule has 1 aliphatic rings. The highest BCUT2D eigenvalue weighted by Crippen LogP contribution is 2.29. The molecule has 1 atom stereocenters. The number of alkyl halides is 2. The van der Waals surface area contributed by atoms with Crippen LogP contribution in [0.2, 0.25) is 0 Å². The second-order valence-electron chi connectivity index (χ2n) is 6.71. The number of piperidine rings is 1. The minimum atomic E-state index is -2.91. The van der Waals surface area contributed by atoms with Crippen LogP contribution in [0, 0.1) is 5.92 Å². The number of amides is 1. The molecule has 1 aliphatic heterocycles. The molecule has 2 rings (SSSR count). The van der Waals surface area contributed by atoms with Gasteiger partial charge in [0.1, 0.15) is 0 Å². The fourth-order valence-electron chi connectivity index (χ4n) is 3.42. The quantitative estimate of drug-likeness (QED) is 0.517. The number of carbonyl (C=O) groups excluding carboxylic acids is 1. The number of hydrogen-bond donors (Lipinski definition) is 2. The summed E-state index contributed by atoms with van der Waals surface area (Å²) in [6.45, 7) is -0.737. The first kappa shape index (κ1) is 21.7. The highest BCUT2D eigenvalue weighted by Gasteiger charge is 2.23. The minimum Gasteiger partial charge on any atom is -0.493 e. The second kappa shape index (κ2) is 10.7. The van der Waals surface area contributed by atoms with Crippen molar-refractivity contribution >= 4 is 11.9 Å². The molecule has 1 fully saturated rings. The van der Waals surface area contributed by atoms with Crippen LogP contribution >= 0.6 is 0 Å². The van der Waals surface area contributed by atoms with Crippen LogP contribution < -0.4 is 20.5 Å². The highest BCUT2D eigenvalue weighted by atomic mass is 19.3. The van der Waals surface area contributed by atoms with Crippen LogP contribution in [0.25, 0.3) is 0 Å². The fraction of sp³-hybridized carbons (Fsp3) is 0.579. The van der Waals surface area contributed by atoms with E-state index in [-0.39, 0.29) is 23.3 Å². The van der Waals surface area contributed by atoms with Crippen molar-refractivity contribution in [2.75, 3.05) is 33.8 Å². The van der Waals surface area contributed by atoms with Gasteiger partial charge >= 0.3 is 6.61 Å². The molecule has 0 aromatic heterocycles. The fourth-order valence-corrected chi connectivity index (χ4v) is 3.42. The van der Waals surface area contributed by atoms with E-state index in [1.54, 1.807) is 19.2 Å². The number of nitrogens with two attached hydrogens (primary N) is 1. The molecule has 0 saturated carbocycles. The maximum Gasteiger partial charge on any atom is 0.387 e. The maximum absolute atomic E-state index is 12.5. The van der Waals surface area contributed by atoms with E-state index < -0.39 is 6.61 Å². The SMILES string of the molecule is CN=C(NCCc1ccc(OC)c(OC(F)F)c1)N1CCCC(CC(N)=O)C1. The molecule has 0 radical (unpaired) electrons. The van der Waals surface area contributed by atoms with Crippen LogP contribution in [-0.4, -0.2) is 57.2 Å². The Morgan fingerprint density at radius 2 is 2.21 bits per heavy atom. The summed E-state index contributed by atoms with van der Waals surface area (Å²) in [6.07, 6.45) is 2.94. The molecule has 3 N–H and O–H groups in total. The van der Waals surface area contributed by atoms with Gasteiger partial charge in [-0.2, -0.15) is 8.78 Å². The first-order valence-electron chi connectivity index (χ1n) is 9.28. The van der Waals surface area contributed by atoms with E-state index >= 15 is 0 Å². The van der Waals surface area contributed by atoms with Gasteiger partial charge in [0.25, 0.3) is 0 Å². The Morgan fingerprint density at radius 3 is 2.86 bits per heavy atom. The highest BCUT2D eigenvalue weighted by molar-refractivity contribution is 5.80. The van der Waals surface area contributed by atoms with Gasteiger partial charge in [-0.15, -0.1) is 0 Å². The lowest BCUT2D eigenvalue weighted by molar-refractivity contribution is -0.119. The molecule has 1 heterocycles. The lowest BCUT2D eigenvalue weighted by Crippen LogP contribution is -2.47. The van der Waals surface area contributed by atoms with Crippen molar-refractivity contribution in [2.24, 2.45) is 16.6 Å². The minimum absolute atomic E-state index is 0.0182. The summed E-state index contributed by atoms with van der Waals surface area (Å²) in [7, 11) is 3.12. The van der Waals surface area contributed by atoms with Gasteiger partial charge in [-0.3, -0.25) is 9.79 Å². The van der Waals surface area contributed by atoms with Gasteiger partial charge in [-0.25, -0.2) is 0 Å². The molecule has 1 aromatic rings. The van der Waals surface area contributed by atoms with Crippen molar-refractivity contribution in [3.63, 3.8) is 0 Å². The lowest BCUT2D eigenvalue weighted by atomic mass is 9.95. The summed E-state index contributed by atoms with van der Waals surface area (Å²) in [5.41, 5.74) is 6.15. The van der Waals surface area contributed by atoms with Crippen molar-refractivity contribution < 1.29 is 23.0 Å². The Bertz CT molecular complexity index is 685. The lowest BCUT2D eigenvalue weighted by Gasteiger charge is -2.34. The van der Waals surface area contributed by atoms with Crippen LogP contribution in [0.3, 0.4) is 0 Å². The number of benzene rings is 1. The number of ether oxygens (including phenoxy) is 2. The molecule has 7 nitrogen and oxygen atoms in total. The van der Waals surface area contributed by atoms with Crippen LogP contribution in [-0.2, 0) is 11.2 Å². The number of carbonyl (C=O) groups is 1. The first-order chi connectivity index (χ1) is 13.4. The van der Waals surface area contributed by atoms with E-state index in [0.29, 0.717) is 19.4 Å². The first-order valence-corrected chi connectivity index (χ1v) is 9.28. The summed E-state index contributed by atoms with van der Waals surface area (Å²) in [5, 5.41) is 3.29. The molecule has 9 heteroatoms. The predicted octanol–water partition coefficient (Wildman–Crippen LogP) is 2.00. The summed E-state index contributed by atoms with van der Waals surface area (Å²) >= 11 is 0. The number of hydrogen-bond acceptors (Lipinski definition) is 4. The monoisotopic (exact) mass is 398 g/mol. The topological polar surface area (TPSA) is 89.2 Å². The summed E-state index contributed by atoms with van der Waals surface area (Å²) < 4.78 is 34.7. The van der Waals surface area contributed by atoms with Gasteiger partial charge in [0.2, 0.25) is 5.91 Å². The van der Waals surface area contributed by atoms with Crippen molar-refractivity contribution in [3.05, 3.63) is 23.8 Å². The molecule has 156 valence electrons. The van der Waals surface area contributed by atoms with E-state index in [1.807, 2.05) is 6.07 Å². The average Bonchev–Trinajstić information content (AvgIpc) is 2.64. The van der Waals surface area contributed by atoms with Crippen LogP contribution in [0.4, 0.5) is 8.78 Å². The molecule has 28 heavy (non-hydrogen) atoms. The zero-order valence-corrected chi connectivity index (χ0v) is 16.3. The van der Waals surface area contributed by atoms with E-state index in [2.05, 4.69) is 19.9 Å². The van der Waals surface area contributed by atoms with Crippen LogP contribution in [0.15, 0.2) is 23.2 Å². The second-order valence-corrected chi connectivity index (χ2v) is 6.71. The van der Waals surface area contributed by atoms with Crippen molar-refractivity contribution in [3.8, 4) is 11.5 Å². The molecule has 1 unspecified atom stereocenters. The third-order valence-corrected chi connectivity index (χ3v) is 4.66. The largest absolute Gasteiger partial charge is 0.493 e. The number of likely N-dealkylation sites (tertiary alicyclic amines) is 1.